The zero-order valence-electron chi connectivity index (χ0n) is 12.7. The van der Waals surface area contributed by atoms with E-state index in [-0.39, 0.29) is 5.97 Å². The molecule has 2 nitrogen and oxygen atoms in total. The van der Waals surface area contributed by atoms with Crippen LogP contribution in [0.15, 0.2) is 47.9 Å². The van der Waals surface area contributed by atoms with E-state index in [1.165, 1.54) is 21.7 Å². The van der Waals surface area contributed by atoms with Crippen LogP contribution in [0.1, 0.15) is 22.2 Å². The lowest BCUT2D eigenvalue weighted by Gasteiger charge is -1.93. The number of benzene rings is 1. The van der Waals surface area contributed by atoms with E-state index in [0.717, 1.165) is 9.75 Å². The highest BCUT2D eigenvalue weighted by Crippen LogP contribution is 2.28. The summed E-state index contributed by atoms with van der Waals surface area (Å²) in [6.45, 7) is 2.20. The third kappa shape index (κ3) is 3.97. The van der Waals surface area contributed by atoms with E-state index >= 15 is 0 Å². The van der Waals surface area contributed by atoms with Gasteiger partial charge in [-0.15, -0.1) is 22.7 Å². The van der Waals surface area contributed by atoms with E-state index in [2.05, 4.69) is 47.9 Å². The fraction of sp³-hybridized carbons (Fsp3) is 0.105. The number of carbonyl (C=O) groups is 1. The Morgan fingerprint density at radius 3 is 2.70 bits per heavy atom. The summed E-state index contributed by atoms with van der Waals surface area (Å²) in [5.74, 6) is -0.303. The molecule has 0 atom stereocenters. The van der Waals surface area contributed by atoms with Gasteiger partial charge in [-0.3, -0.25) is 0 Å². The first kappa shape index (κ1) is 15.7. The molecule has 0 aliphatic carbocycles. The maximum atomic E-state index is 11.3. The second-order valence-corrected chi connectivity index (χ2v) is 6.90. The minimum Gasteiger partial charge on any atom is -0.463 e. The average molecular weight is 340 g/mol. The van der Waals surface area contributed by atoms with Gasteiger partial charge in [-0.25, -0.2) is 4.79 Å². The summed E-state index contributed by atoms with van der Waals surface area (Å²) in [5, 5.41) is 3.46. The van der Waals surface area contributed by atoms with Crippen molar-refractivity contribution in [3.63, 3.8) is 0 Å². The Morgan fingerprint density at radius 2 is 1.87 bits per heavy atom. The van der Waals surface area contributed by atoms with Gasteiger partial charge in [-0.1, -0.05) is 24.3 Å². The van der Waals surface area contributed by atoms with E-state index in [0.29, 0.717) is 6.61 Å². The van der Waals surface area contributed by atoms with Gasteiger partial charge in [-0.05, 0) is 53.6 Å². The van der Waals surface area contributed by atoms with Crippen molar-refractivity contribution < 1.29 is 9.53 Å². The van der Waals surface area contributed by atoms with Crippen molar-refractivity contribution in [1.82, 2.24) is 0 Å². The third-order valence-corrected chi connectivity index (χ3v) is 5.25. The molecule has 0 saturated heterocycles. The van der Waals surface area contributed by atoms with Crippen LogP contribution in [0.25, 0.3) is 28.3 Å². The maximum absolute atomic E-state index is 11.3. The van der Waals surface area contributed by atoms with Gasteiger partial charge in [0.15, 0.2) is 0 Å². The van der Waals surface area contributed by atoms with Crippen molar-refractivity contribution >= 4 is 57.0 Å². The van der Waals surface area contributed by atoms with E-state index in [1.807, 2.05) is 6.07 Å². The number of esters is 1. The minimum absolute atomic E-state index is 0.303. The molecule has 2 aromatic heterocycles. The molecule has 0 fully saturated rings. The molecule has 2 heterocycles. The Kier molecular flexibility index (Phi) is 5.05. The number of rotatable bonds is 5. The van der Waals surface area contributed by atoms with Gasteiger partial charge in [0.2, 0.25) is 0 Å². The fourth-order valence-corrected chi connectivity index (χ4v) is 3.93. The number of hydrogen-bond acceptors (Lipinski definition) is 4. The van der Waals surface area contributed by atoms with Gasteiger partial charge >= 0.3 is 5.97 Å². The average Bonchev–Trinajstić information content (AvgIpc) is 3.18. The normalized spacial score (nSPS) is 11.7. The van der Waals surface area contributed by atoms with Crippen molar-refractivity contribution in [1.29, 1.82) is 0 Å². The summed E-state index contributed by atoms with van der Waals surface area (Å²) in [6.07, 6.45) is 7.51. The van der Waals surface area contributed by atoms with Crippen LogP contribution in [0.3, 0.4) is 0 Å². The van der Waals surface area contributed by atoms with Crippen LogP contribution in [0.2, 0.25) is 0 Å². The summed E-state index contributed by atoms with van der Waals surface area (Å²) in [5.41, 5.74) is 1.24. The Hall–Kier alpha value is -2.17. The predicted octanol–water partition coefficient (Wildman–Crippen LogP) is 5.71. The van der Waals surface area contributed by atoms with E-state index in [1.54, 1.807) is 35.7 Å². The fourth-order valence-electron chi connectivity index (χ4n) is 2.19. The van der Waals surface area contributed by atoms with Crippen LogP contribution < -0.4 is 0 Å². The lowest BCUT2D eigenvalue weighted by Crippen LogP contribution is -1.98. The molecule has 0 radical (unpaired) electrons. The molecule has 0 saturated carbocycles. The summed E-state index contributed by atoms with van der Waals surface area (Å²) in [4.78, 5) is 13.5. The monoisotopic (exact) mass is 340 g/mol. The first-order valence-electron chi connectivity index (χ1n) is 7.35. The molecule has 0 aliphatic heterocycles. The zero-order valence-corrected chi connectivity index (χ0v) is 14.3. The smallest absolute Gasteiger partial charge is 0.330 e. The molecule has 0 N–H and O–H groups in total. The molecule has 0 aliphatic rings. The van der Waals surface area contributed by atoms with E-state index in [4.69, 9.17) is 4.74 Å². The molecule has 1 aromatic carbocycles. The lowest BCUT2D eigenvalue weighted by atomic mass is 10.1. The Labute approximate surface area is 143 Å². The van der Waals surface area contributed by atoms with Crippen LogP contribution in [0, 0.1) is 0 Å². The number of fused-ring (bicyclic) bond motifs is 1. The summed E-state index contributed by atoms with van der Waals surface area (Å²) < 4.78 is 6.18. The molecule has 3 rings (SSSR count). The Morgan fingerprint density at radius 1 is 1.09 bits per heavy atom. The Bertz CT molecular complexity index is 868. The van der Waals surface area contributed by atoms with Crippen molar-refractivity contribution in [2.75, 3.05) is 6.61 Å². The summed E-state index contributed by atoms with van der Waals surface area (Å²) in [7, 11) is 0. The number of thiophene rings is 2. The quantitative estimate of drug-likeness (QED) is 0.439. The zero-order chi connectivity index (χ0) is 16.1. The van der Waals surface area contributed by atoms with Crippen LogP contribution >= 0.6 is 22.7 Å². The predicted molar refractivity (Wildman–Crippen MR) is 101 cm³/mol. The van der Waals surface area contributed by atoms with Gasteiger partial charge < -0.3 is 4.74 Å². The van der Waals surface area contributed by atoms with Gasteiger partial charge in [0.1, 0.15) is 0 Å². The molecule has 4 heteroatoms. The van der Waals surface area contributed by atoms with E-state index < -0.39 is 0 Å². The molecule has 0 amide bonds. The largest absolute Gasteiger partial charge is 0.463 e. The van der Waals surface area contributed by atoms with Crippen LogP contribution in [-0.2, 0) is 9.53 Å². The highest BCUT2D eigenvalue weighted by atomic mass is 32.1. The van der Waals surface area contributed by atoms with Crippen LogP contribution in [0.4, 0.5) is 0 Å². The van der Waals surface area contributed by atoms with Crippen molar-refractivity contribution in [2.24, 2.45) is 0 Å². The van der Waals surface area contributed by atoms with Crippen molar-refractivity contribution in [3.8, 4) is 0 Å². The second kappa shape index (κ2) is 7.40. The van der Waals surface area contributed by atoms with Crippen LogP contribution in [0.5, 0.6) is 0 Å². The molecule has 116 valence electrons. The first-order chi connectivity index (χ1) is 11.3. The van der Waals surface area contributed by atoms with Gasteiger partial charge in [0, 0.05) is 20.5 Å². The molecule has 3 aromatic rings. The lowest BCUT2D eigenvalue weighted by molar-refractivity contribution is -0.137. The third-order valence-electron chi connectivity index (χ3n) is 3.26. The van der Waals surface area contributed by atoms with Gasteiger partial charge in [-0.2, -0.15) is 0 Å². The number of ether oxygens (including phenoxy) is 1. The topological polar surface area (TPSA) is 26.3 Å². The summed E-state index contributed by atoms with van der Waals surface area (Å²) >= 11 is 3.40. The number of hydrogen-bond donors (Lipinski definition) is 0. The van der Waals surface area contributed by atoms with Crippen LogP contribution in [-0.4, -0.2) is 12.6 Å². The van der Waals surface area contributed by atoms with Crippen molar-refractivity contribution in [2.45, 2.75) is 6.92 Å². The molecule has 23 heavy (non-hydrogen) atoms. The highest BCUT2D eigenvalue weighted by molar-refractivity contribution is 7.17. The standard InChI is InChI=1S/C19H16O2S2/c1-2-21-19(20)12-11-16-10-9-15(23-16)8-7-14-13-22-18-6-4-3-5-17(14)18/h3-13H,2H2,1H3/b8-7+,12-11+. The molecule has 0 bridgehead atoms. The highest BCUT2D eigenvalue weighted by Gasteiger charge is 2.01. The van der Waals surface area contributed by atoms with Gasteiger partial charge in [0.25, 0.3) is 0 Å². The SMILES string of the molecule is CCOC(=O)/C=C/c1ccc(/C=C/c2csc3ccccc23)s1. The molecular weight excluding hydrogens is 324 g/mol. The molecular formula is C19H16O2S2. The second-order valence-electron chi connectivity index (χ2n) is 4.85. The van der Waals surface area contributed by atoms with E-state index in [9.17, 15) is 4.79 Å². The van der Waals surface area contributed by atoms with Crippen molar-refractivity contribution in [3.05, 3.63) is 63.2 Å². The minimum atomic E-state index is -0.303. The number of carbonyl (C=O) groups excluding carboxylic acids is 1. The maximum Gasteiger partial charge on any atom is 0.330 e. The van der Waals surface area contributed by atoms with Gasteiger partial charge in [0.05, 0.1) is 6.61 Å². The summed E-state index contributed by atoms with van der Waals surface area (Å²) in [6, 6.07) is 12.5. The first-order valence-corrected chi connectivity index (χ1v) is 9.05. The molecule has 0 unspecified atom stereocenters. The molecule has 0 spiro atoms. The Balaban J connectivity index is 1.72.